The minimum atomic E-state index is -4.22. The van der Waals surface area contributed by atoms with Gasteiger partial charge in [0.1, 0.15) is 0 Å². The van der Waals surface area contributed by atoms with E-state index in [1.54, 1.807) is 0 Å². The standard InChI is InChI=1S/C8H14F3O/c1-2-3-4-7(5-6-12)8(9,10)11/h12H,2-6H2,1H3. The van der Waals surface area contributed by atoms with Gasteiger partial charge in [-0.25, -0.2) is 0 Å². The average Bonchev–Trinajstić information content (AvgIpc) is 1.95. The van der Waals surface area contributed by atoms with Gasteiger partial charge in [0.25, 0.3) is 0 Å². The molecule has 0 fully saturated rings. The largest absolute Gasteiger partial charge is 0.396 e. The van der Waals surface area contributed by atoms with Gasteiger partial charge in [0.05, 0.1) is 5.92 Å². The van der Waals surface area contributed by atoms with Gasteiger partial charge in [-0.3, -0.25) is 0 Å². The zero-order valence-electron chi connectivity index (χ0n) is 7.12. The molecule has 1 nitrogen and oxygen atoms in total. The van der Waals surface area contributed by atoms with Crippen LogP contribution in [0.1, 0.15) is 32.6 Å². The topological polar surface area (TPSA) is 20.2 Å². The van der Waals surface area contributed by atoms with E-state index < -0.39 is 18.7 Å². The Balaban J connectivity index is 3.86. The van der Waals surface area contributed by atoms with Crippen LogP contribution in [0.2, 0.25) is 0 Å². The molecule has 0 amide bonds. The summed E-state index contributed by atoms with van der Waals surface area (Å²) in [5.41, 5.74) is 0. The highest BCUT2D eigenvalue weighted by Gasteiger charge is 2.38. The van der Waals surface area contributed by atoms with E-state index in [0.29, 0.717) is 6.42 Å². The monoisotopic (exact) mass is 183 g/mol. The Bertz CT molecular complexity index is 111. The van der Waals surface area contributed by atoms with E-state index in [1.165, 1.54) is 0 Å². The van der Waals surface area contributed by atoms with E-state index in [0.717, 1.165) is 6.42 Å². The maximum Gasteiger partial charge on any atom is 0.395 e. The smallest absolute Gasteiger partial charge is 0.395 e. The number of hydrogen-bond acceptors (Lipinski definition) is 1. The molecule has 0 heterocycles. The molecule has 0 unspecified atom stereocenters. The van der Waals surface area contributed by atoms with Crippen molar-refractivity contribution in [1.82, 2.24) is 0 Å². The van der Waals surface area contributed by atoms with Crippen molar-refractivity contribution < 1.29 is 18.3 Å². The van der Waals surface area contributed by atoms with Crippen LogP contribution in [0.15, 0.2) is 0 Å². The van der Waals surface area contributed by atoms with Gasteiger partial charge in [0.2, 0.25) is 0 Å². The molecule has 0 saturated carbocycles. The first-order valence-electron chi connectivity index (χ1n) is 4.05. The van der Waals surface area contributed by atoms with Crippen molar-refractivity contribution in [2.24, 2.45) is 0 Å². The van der Waals surface area contributed by atoms with Gasteiger partial charge in [-0.1, -0.05) is 19.8 Å². The third-order valence-electron chi connectivity index (χ3n) is 1.65. The Morgan fingerprint density at radius 1 is 1.25 bits per heavy atom. The molecule has 73 valence electrons. The summed E-state index contributed by atoms with van der Waals surface area (Å²) in [6, 6.07) is 0. The van der Waals surface area contributed by atoms with Crippen LogP contribution >= 0.6 is 0 Å². The SMILES string of the molecule is CCCC[C](CCO)C(F)(F)F. The van der Waals surface area contributed by atoms with Crippen molar-refractivity contribution in [2.45, 2.75) is 38.8 Å². The number of aliphatic hydroxyl groups is 1. The van der Waals surface area contributed by atoms with Crippen molar-refractivity contribution >= 4 is 0 Å². The third kappa shape index (κ3) is 4.59. The molecule has 0 rings (SSSR count). The highest BCUT2D eigenvalue weighted by atomic mass is 19.4. The Morgan fingerprint density at radius 2 is 1.83 bits per heavy atom. The molecule has 0 aromatic carbocycles. The number of hydrogen-bond donors (Lipinski definition) is 1. The molecule has 0 bridgehead atoms. The summed E-state index contributed by atoms with van der Waals surface area (Å²) in [6.07, 6.45) is -3.14. The number of aliphatic hydroxyl groups excluding tert-OH is 1. The van der Waals surface area contributed by atoms with E-state index in [-0.39, 0.29) is 12.8 Å². The van der Waals surface area contributed by atoms with Gasteiger partial charge >= 0.3 is 6.18 Å². The lowest BCUT2D eigenvalue weighted by atomic mass is 9.98. The van der Waals surface area contributed by atoms with Crippen LogP contribution < -0.4 is 0 Å². The fourth-order valence-corrected chi connectivity index (χ4v) is 0.934. The lowest BCUT2D eigenvalue weighted by molar-refractivity contribution is -0.120. The summed E-state index contributed by atoms with van der Waals surface area (Å²) in [5.74, 6) is -0.494. The summed E-state index contributed by atoms with van der Waals surface area (Å²) >= 11 is 0. The Hall–Kier alpha value is -0.250. The molecule has 4 heteroatoms. The summed E-state index contributed by atoms with van der Waals surface area (Å²) in [4.78, 5) is 0. The maximum absolute atomic E-state index is 12.1. The van der Waals surface area contributed by atoms with E-state index in [2.05, 4.69) is 0 Å². The van der Waals surface area contributed by atoms with Crippen LogP contribution in [0.3, 0.4) is 0 Å². The van der Waals surface area contributed by atoms with Crippen LogP contribution in [0.25, 0.3) is 0 Å². The minimum Gasteiger partial charge on any atom is -0.396 e. The van der Waals surface area contributed by atoms with E-state index >= 15 is 0 Å². The molecule has 1 radical (unpaired) electrons. The van der Waals surface area contributed by atoms with Crippen LogP contribution in [-0.4, -0.2) is 17.9 Å². The minimum absolute atomic E-state index is 0.0561. The first-order valence-corrected chi connectivity index (χ1v) is 4.05. The lowest BCUT2D eigenvalue weighted by Gasteiger charge is -2.17. The van der Waals surface area contributed by atoms with E-state index in [1.807, 2.05) is 6.92 Å². The molecule has 1 N–H and O–H groups in total. The van der Waals surface area contributed by atoms with Gasteiger partial charge in [-0.15, -0.1) is 0 Å². The quantitative estimate of drug-likeness (QED) is 0.694. The van der Waals surface area contributed by atoms with Crippen LogP contribution in [0.4, 0.5) is 13.2 Å². The molecule has 0 aliphatic rings. The van der Waals surface area contributed by atoms with Crippen molar-refractivity contribution in [3.05, 3.63) is 5.92 Å². The summed E-state index contributed by atoms with van der Waals surface area (Å²) < 4.78 is 36.2. The fourth-order valence-electron chi connectivity index (χ4n) is 0.934. The number of unbranched alkanes of at least 4 members (excludes halogenated alkanes) is 1. The van der Waals surface area contributed by atoms with Gasteiger partial charge in [0.15, 0.2) is 0 Å². The average molecular weight is 183 g/mol. The van der Waals surface area contributed by atoms with Crippen molar-refractivity contribution in [3.63, 3.8) is 0 Å². The van der Waals surface area contributed by atoms with Gasteiger partial charge in [0, 0.05) is 6.61 Å². The lowest BCUT2D eigenvalue weighted by Crippen LogP contribution is -2.21. The zero-order valence-corrected chi connectivity index (χ0v) is 7.12. The predicted octanol–water partition coefficient (Wildman–Crippen LogP) is 2.70. The summed E-state index contributed by atoms with van der Waals surface area (Å²) in [5, 5.41) is 8.38. The molecule has 0 atom stereocenters. The third-order valence-corrected chi connectivity index (χ3v) is 1.65. The van der Waals surface area contributed by atoms with Gasteiger partial charge < -0.3 is 5.11 Å². The first-order chi connectivity index (χ1) is 5.52. The Morgan fingerprint density at radius 3 is 2.17 bits per heavy atom. The van der Waals surface area contributed by atoms with Crippen molar-refractivity contribution in [1.29, 1.82) is 0 Å². The van der Waals surface area contributed by atoms with Crippen molar-refractivity contribution in [2.75, 3.05) is 6.61 Å². The highest BCUT2D eigenvalue weighted by Crippen LogP contribution is 2.34. The fraction of sp³-hybridized carbons (Fsp3) is 0.875. The highest BCUT2D eigenvalue weighted by molar-refractivity contribution is 4.96. The molecule has 0 spiro atoms. The van der Waals surface area contributed by atoms with Crippen LogP contribution in [0.5, 0.6) is 0 Å². The normalized spacial score (nSPS) is 12.5. The van der Waals surface area contributed by atoms with Crippen LogP contribution in [0, 0.1) is 5.92 Å². The van der Waals surface area contributed by atoms with E-state index in [9.17, 15) is 13.2 Å². The molecule has 0 aromatic rings. The van der Waals surface area contributed by atoms with Gasteiger partial charge in [-0.05, 0) is 12.8 Å². The molecule has 0 aliphatic carbocycles. The molecule has 0 aromatic heterocycles. The molecular formula is C8H14F3O. The predicted molar refractivity (Wildman–Crippen MR) is 40.5 cm³/mol. The number of halogens is 3. The molecule has 0 aliphatic heterocycles. The zero-order chi connectivity index (χ0) is 9.61. The second-order valence-electron chi connectivity index (χ2n) is 2.68. The Kier molecular flexibility index (Phi) is 5.29. The number of alkyl halides is 3. The first kappa shape index (κ1) is 11.8. The molecule has 12 heavy (non-hydrogen) atoms. The molecule has 0 saturated heterocycles. The van der Waals surface area contributed by atoms with E-state index in [4.69, 9.17) is 5.11 Å². The Labute approximate surface area is 70.6 Å². The van der Waals surface area contributed by atoms with Gasteiger partial charge in [-0.2, -0.15) is 13.2 Å². The second-order valence-corrected chi connectivity index (χ2v) is 2.68. The summed E-state index contributed by atoms with van der Waals surface area (Å²) in [6.45, 7) is 1.42. The van der Waals surface area contributed by atoms with Crippen molar-refractivity contribution in [3.8, 4) is 0 Å². The summed E-state index contributed by atoms with van der Waals surface area (Å²) in [7, 11) is 0. The second kappa shape index (κ2) is 5.41. The van der Waals surface area contributed by atoms with Crippen LogP contribution in [-0.2, 0) is 0 Å². The number of rotatable bonds is 5. The maximum atomic E-state index is 12.1. The molecular weight excluding hydrogens is 169 g/mol.